The summed E-state index contributed by atoms with van der Waals surface area (Å²) in [5, 5.41) is 2.98. The highest BCUT2D eigenvalue weighted by Gasteiger charge is 2.28. The van der Waals surface area contributed by atoms with Crippen molar-refractivity contribution in [3.63, 3.8) is 0 Å². The second-order valence-corrected chi connectivity index (χ2v) is 9.60. The van der Waals surface area contributed by atoms with Crippen LogP contribution in [0.5, 0.6) is 0 Å². The van der Waals surface area contributed by atoms with Gasteiger partial charge in [-0.25, -0.2) is 8.42 Å². The Morgan fingerprint density at radius 3 is 2.27 bits per heavy atom. The van der Waals surface area contributed by atoms with Crippen LogP contribution in [0, 0.1) is 6.92 Å². The molecule has 0 aliphatic carbocycles. The van der Waals surface area contributed by atoms with Gasteiger partial charge in [-0.15, -0.1) is 0 Å². The zero-order valence-electron chi connectivity index (χ0n) is 16.2. The zero-order chi connectivity index (χ0) is 21.1. The van der Waals surface area contributed by atoms with E-state index in [2.05, 4.69) is 26.2 Å². The van der Waals surface area contributed by atoms with E-state index in [1.807, 2.05) is 55.5 Å². The molecule has 7 heteroatoms. The molecule has 0 fully saturated rings. The van der Waals surface area contributed by atoms with E-state index in [1.165, 1.54) is 0 Å². The molecule has 0 atom stereocenters. The van der Waals surface area contributed by atoms with E-state index in [9.17, 15) is 8.42 Å². The Morgan fingerprint density at radius 2 is 1.60 bits per heavy atom. The molecule has 0 amide bonds. The van der Waals surface area contributed by atoms with Crippen molar-refractivity contribution in [2.75, 3.05) is 5.32 Å². The Balaban J connectivity index is 1.74. The molecule has 1 aromatic heterocycles. The fourth-order valence-corrected chi connectivity index (χ4v) is 4.48. The SMILES string of the molecule is Cc1ccc(CNc2oc(-c3ccc(Br)cc3)nc2S(=O)(=O)c2ccccc2)cc1. The van der Waals surface area contributed by atoms with Crippen LogP contribution >= 0.6 is 15.9 Å². The average Bonchev–Trinajstić information content (AvgIpc) is 3.20. The summed E-state index contributed by atoms with van der Waals surface area (Å²) in [6, 6.07) is 23.6. The summed E-state index contributed by atoms with van der Waals surface area (Å²) >= 11 is 3.40. The highest BCUT2D eigenvalue weighted by Crippen LogP contribution is 2.33. The fourth-order valence-electron chi connectivity index (χ4n) is 2.92. The maximum absolute atomic E-state index is 13.2. The van der Waals surface area contributed by atoms with Crippen molar-refractivity contribution in [2.24, 2.45) is 0 Å². The predicted octanol–water partition coefficient (Wildman–Crippen LogP) is 5.86. The fraction of sp³-hybridized carbons (Fsp3) is 0.0870. The first-order chi connectivity index (χ1) is 14.4. The lowest BCUT2D eigenvalue weighted by atomic mass is 10.1. The Bertz CT molecular complexity index is 1250. The third-order valence-electron chi connectivity index (χ3n) is 4.57. The number of anilines is 1. The van der Waals surface area contributed by atoms with Gasteiger partial charge in [-0.2, -0.15) is 4.98 Å². The standard InChI is InChI=1S/C23H19BrN2O3S/c1-16-7-9-17(10-8-16)15-25-22-23(30(27,28)20-5-3-2-4-6-20)26-21(29-22)18-11-13-19(24)14-12-18/h2-14,25H,15H2,1H3. The minimum atomic E-state index is -3.85. The number of nitrogens with one attached hydrogen (secondary N) is 1. The van der Waals surface area contributed by atoms with Crippen LogP contribution in [0.25, 0.3) is 11.5 Å². The molecule has 0 aliphatic heterocycles. The van der Waals surface area contributed by atoms with Gasteiger partial charge < -0.3 is 9.73 Å². The number of halogens is 1. The first-order valence-corrected chi connectivity index (χ1v) is 11.6. The Kier molecular flexibility index (Phi) is 5.74. The summed E-state index contributed by atoms with van der Waals surface area (Å²) < 4.78 is 33.3. The number of aryl methyl sites for hydroxylation is 1. The monoisotopic (exact) mass is 482 g/mol. The van der Waals surface area contributed by atoms with Crippen molar-refractivity contribution in [1.29, 1.82) is 0 Å². The quantitative estimate of drug-likeness (QED) is 0.372. The van der Waals surface area contributed by atoms with Crippen molar-refractivity contribution in [3.05, 3.63) is 94.5 Å². The number of aromatic nitrogens is 1. The van der Waals surface area contributed by atoms with E-state index < -0.39 is 9.84 Å². The average molecular weight is 483 g/mol. The second kappa shape index (κ2) is 8.45. The molecule has 4 aromatic rings. The smallest absolute Gasteiger partial charge is 0.234 e. The van der Waals surface area contributed by atoms with Crippen molar-refractivity contribution < 1.29 is 12.8 Å². The molecule has 1 heterocycles. The third kappa shape index (κ3) is 4.32. The highest BCUT2D eigenvalue weighted by molar-refractivity contribution is 9.10. The number of hydrogen-bond acceptors (Lipinski definition) is 5. The molecule has 4 rings (SSSR count). The van der Waals surface area contributed by atoms with Crippen LogP contribution in [0.4, 0.5) is 5.88 Å². The van der Waals surface area contributed by atoms with E-state index in [-0.39, 0.29) is 21.7 Å². The van der Waals surface area contributed by atoms with Crippen LogP contribution < -0.4 is 5.32 Å². The van der Waals surface area contributed by atoms with Crippen LogP contribution in [0.15, 0.2) is 97.7 Å². The summed E-state index contributed by atoms with van der Waals surface area (Å²) in [6.07, 6.45) is 0. The van der Waals surface area contributed by atoms with Gasteiger partial charge in [0, 0.05) is 16.6 Å². The van der Waals surface area contributed by atoms with E-state index in [0.717, 1.165) is 15.6 Å². The van der Waals surface area contributed by atoms with Crippen LogP contribution in [0.3, 0.4) is 0 Å². The van der Waals surface area contributed by atoms with Crippen molar-refractivity contribution >= 4 is 31.7 Å². The molecule has 0 spiro atoms. The molecule has 1 N–H and O–H groups in total. The number of nitrogens with zero attached hydrogens (tertiary/aromatic N) is 1. The molecule has 0 unspecified atom stereocenters. The van der Waals surface area contributed by atoms with E-state index in [1.54, 1.807) is 30.3 Å². The van der Waals surface area contributed by atoms with Gasteiger partial charge in [0.15, 0.2) is 0 Å². The lowest BCUT2D eigenvalue weighted by Crippen LogP contribution is -2.07. The summed E-state index contributed by atoms with van der Waals surface area (Å²) in [4.78, 5) is 4.52. The van der Waals surface area contributed by atoms with Gasteiger partial charge in [0.1, 0.15) is 0 Å². The molecule has 3 aromatic carbocycles. The number of oxazole rings is 1. The van der Waals surface area contributed by atoms with E-state index in [0.29, 0.717) is 12.1 Å². The minimum Gasteiger partial charge on any atom is -0.419 e. The molecule has 30 heavy (non-hydrogen) atoms. The predicted molar refractivity (Wildman–Crippen MR) is 120 cm³/mol. The van der Waals surface area contributed by atoms with Gasteiger partial charge in [-0.1, -0.05) is 64.0 Å². The van der Waals surface area contributed by atoms with Crippen molar-refractivity contribution in [1.82, 2.24) is 4.98 Å². The summed E-state index contributed by atoms with van der Waals surface area (Å²) in [7, 11) is -3.85. The maximum Gasteiger partial charge on any atom is 0.234 e. The molecule has 5 nitrogen and oxygen atoms in total. The topological polar surface area (TPSA) is 72.2 Å². The molecule has 0 bridgehead atoms. The van der Waals surface area contributed by atoms with Gasteiger partial charge >= 0.3 is 0 Å². The van der Waals surface area contributed by atoms with Crippen LogP contribution in [0.2, 0.25) is 0 Å². The maximum atomic E-state index is 13.2. The highest BCUT2D eigenvalue weighted by atomic mass is 79.9. The largest absolute Gasteiger partial charge is 0.419 e. The zero-order valence-corrected chi connectivity index (χ0v) is 18.6. The molecule has 152 valence electrons. The van der Waals surface area contributed by atoms with Crippen LogP contribution in [0.1, 0.15) is 11.1 Å². The number of rotatable bonds is 6. The lowest BCUT2D eigenvalue weighted by molar-refractivity contribution is 0.576. The molecule has 0 radical (unpaired) electrons. The molecular formula is C23H19BrN2O3S. The summed E-state index contributed by atoms with van der Waals surface area (Å²) in [5.74, 6) is 0.362. The summed E-state index contributed by atoms with van der Waals surface area (Å²) in [5.41, 5.74) is 2.85. The number of hydrogen-bond donors (Lipinski definition) is 1. The lowest BCUT2D eigenvalue weighted by Gasteiger charge is -2.06. The second-order valence-electron chi connectivity index (χ2n) is 6.82. The first kappa shape index (κ1) is 20.4. The van der Waals surface area contributed by atoms with Crippen molar-refractivity contribution in [3.8, 4) is 11.5 Å². The van der Waals surface area contributed by atoms with Gasteiger partial charge in [0.05, 0.1) is 4.90 Å². The van der Waals surface area contributed by atoms with Crippen LogP contribution in [-0.4, -0.2) is 13.4 Å². The van der Waals surface area contributed by atoms with Gasteiger partial charge in [0.2, 0.25) is 26.6 Å². The van der Waals surface area contributed by atoms with Crippen molar-refractivity contribution in [2.45, 2.75) is 23.4 Å². The molecular weight excluding hydrogens is 464 g/mol. The summed E-state index contributed by atoms with van der Waals surface area (Å²) in [6.45, 7) is 2.43. The van der Waals surface area contributed by atoms with Gasteiger partial charge in [-0.3, -0.25) is 0 Å². The molecule has 0 saturated heterocycles. The molecule has 0 saturated carbocycles. The minimum absolute atomic E-state index is 0.123. The van der Waals surface area contributed by atoms with E-state index >= 15 is 0 Å². The normalized spacial score (nSPS) is 11.4. The Labute approximate surface area is 183 Å². The van der Waals surface area contributed by atoms with Gasteiger partial charge in [-0.05, 0) is 48.9 Å². The Hall–Kier alpha value is -2.90. The number of benzene rings is 3. The number of sulfone groups is 1. The first-order valence-electron chi connectivity index (χ1n) is 9.30. The Morgan fingerprint density at radius 1 is 0.933 bits per heavy atom. The molecule has 0 aliphatic rings. The third-order valence-corrected chi connectivity index (χ3v) is 6.78. The van der Waals surface area contributed by atoms with Gasteiger partial charge in [0.25, 0.3) is 0 Å². The van der Waals surface area contributed by atoms with Crippen LogP contribution in [-0.2, 0) is 16.4 Å². The van der Waals surface area contributed by atoms with E-state index in [4.69, 9.17) is 4.42 Å².